The lowest BCUT2D eigenvalue weighted by molar-refractivity contribution is -0.0528. The summed E-state index contributed by atoms with van der Waals surface area (Å²) in [5.41, 5.74) is 0. The molecule has 1 heterocycles. The molecule has 0 aromatic carbocycles. The van der Waals surface area contributed by atoms with Crippen molar-refractivity contribution in [3.05, 3.63) is 22.3 Å². The minimum absolute atomic E-state index is 0.0122. The normalized spacial score (nSPS) is 10.4. The van der Waals surface area contributed by atoms with Gasteiger partial charge in [-0.25, -0.2) is 4.98 Å². The molecular formula is C6H3Cl2F2NO. The van der Waals surface area contributed by atoms with Crippen molar-refractivity contribution < 1.29 is 13.5 Å². The number of aromatic nitrogens is 1. The van der Waals surface area contributed by atoms with Crippen molar-refractivity contribution in [2.24, 2.45) is 0 Å². The van der Waals surface area contributed by atoms with Crippen LogP contribution in [0.3, 0.4) is 0 Å². The number of rotatable bonds is 2. The molecule has 2 nitrogen and oxygen atoms in total. The van der Waals surface area contributed by atoms with E-state index in [0.29, 0.717) is 0 Å². The molecule has 0 radical (unpaired) electrons. The summed E-state index contributed by atoms with van der Waals surface area (Å²) in [6.07, 6.45) is 0. The van der Waals surface area contributed by atoms with Crippen LogP contribution in [0.2, 0.25) is 10.2 Å². The van der Waals surface area contributed by atoms with E-state index in [2.05, 4.69) is 9.72 Å². The predicted molar refractivity (Wildman–Crippen MR) is 40.9 cm³/mol. The summed E-state index contributed by atoms with van der Waals surface area (Å²) in [6.45, 7) is -2.92. The van der Waals surface area contributed by atoms with Gasteiger partial charge in [-0.1, -0.05) is 23.2 Å². The van der Waals surface area contributed by atoms with Crippen molar-refractivity contribution in [3.8, 4) is 5.88 Å². The summed E-state index contributed by atoms with van der Waals surface area (Å²) in [7, 11) is 0. The fourth-order valence-electron chi connectivity index (χ4n) is 0.595. The fraction of sp³-hybridized carbons (Fsp3) is 0.167. The smallest absolute Gasteiger partial charge is 0.388 e. The molecule has 0 bridgehead atoms. The monoisotopic (exact) mass is 213 g/mol. The van der Waals surface area contributed by atoms with E-state index in [9.17, 15) is 8.78 Å². The molecule has 0 aliphatic rings. The van der Waals surface area contributed by atoms with Gasteiger partial charge in [-0.05, 0) is 6.07 Å². The molecule has 0 saturated carbocycles. The van der Waals surface area contributed by atoms with Crippen molar-refractivity contribution in [3.63, 3.8) is 0 Å². The van der Waals surface area contributed by atoms with Gasteiger partial charge >= 0.3 is 6.61 Å². The number of pyridine rings is 1. The molecule has 1 aromatic heterocycles. The number of nitrogens with zero attached hydrogens (tertiary/aromatic N) is 1. The van der Waals surface area contributed by atoms with E-state index >= 15 is 0 Å². The Morgan fingerprint density at radius 2 is 2.00 bits per heavy atom. The molecule has 0 fully saturated rings. The maximum Gasteiger partial charge on any atom is 0.388 e. The number of halogens is 4. The first-order valence-electron chi connectivity index (χ1n) is 2.86. The maximum atomic E-state index is 11.6. The Morgan fingerprint density at radius 1 is 1.33 bits per heavy atom. The summed E-state index contributed by atoms with van der Waals surface area (Å²) in [4.78, 5) is 3.45. The molecule has 0 aliphatic heterocycles. The molecule has 0 spiro atoms. The molecule has 0 atom stereocenters. The summed E-state index contributed by atoms with van der Waals surface area (Å²) in [6, 6.07) is 2.47. The minimum atomic E-state index is -2.92. The van der Waals surface area contributed by atoms with Gasteiger partial charge in [0.25, 0.3) is 0 Å². The van der Waals surface area contributed by atoms with Gasteiger partial charge in [-0.3, -0.25) is 0 Å². The molecule has 66 valence electrons. The minimum Gasteiger partial charge on any atom is -0.417 e. The highest BCUT2D eigenvalue weighted by Crippen LogP contribution is 2.21. The van der Waals surface area contributed by atoms with Crippen LogP contribution in [0, 0.1) is 0 Å². The molecule has 12 heavy (non-hydrogen) atoms. The topological polar surface area (TPSA) is 22.1 Å². The number of ether oxygens (including phenoxy) is 1. The third-order valence-electron chi connectivity index (χ3n) is 0.945. The van der Waals surface area contributed by atoms with Crippen LogP contribution in [0.4, 0.5) is 8.78 Å². The standard InChI is InChI=1S/C6H3Cl2F2NO/c7-3-1-4(8)11-5(2-3)12-6(9)10/h1-2,6H. The van der Waals surface area contributed by atoms with E-state index in [1.54, 1.807) is 0 Å². The van der Waals surface area contributed by atoms with Gasteiger partial charge in [0.1, 0.15) is 5.15 Å². The SMILES string of the molecule is FC(F)Oc1cc(Cl)cc(Cl)n1. The zero-order valence-corrected chi connectivity index (χ0v) is 7.11. The van der Waals surface area contributed by atoms with Crippen molar-refractivity contribution in [1.29, 1.82) is 0 Å². The summed E-state index contributed by atoms with van der Waals surface area (Å²) >= 11 is 10.9. The number of hydrogen-bond acceptors (Lipinski definition) is 2. The van der Waals surface area contributed by atoms with Crippen molar-refractivity contribution in [2.75, 3.05) is 0 Å². The second-order valence-electron chi connectivity index (χ2n) is 1.82. The maximum absolute atomic E-state index is 11.6. The van der Waals surface area contributed by atoms with Crippen molar-refractivity contribution in [1.82, 2.24) is 4.98 Å². The van der Waals surface area contributed by atoms with Gasteiger partial charge in [0.15, 0.2) is 0 Å². The van der Waals surface area contributed by atoms with Gasteiger partial charge in [0.2, 0.25) is 5.88 Å². The Hall–Kier alpha value is -0.610. The molecule has 0 saturated heterocycles. The third-order valence-corrected chi connectivity index (χ3v) is 1.36. The quantitative estimate of drug-likeness (QED) is 0.706. The molecule has 1 rings (SSSR count). The van der Waals surface area contributed by atoms with Gasteiger partial charge in [0, 0.05) is 11.1 Å². The average molecular weight is 214 g/mol. The first-order valence-corrected chi connectivity index (χ1v) is 3.61. The van der Waals surface area contributed by atoms with Crippen molar-refractivity contribution >= 4 is 23.2 Å². The largest absolute Gasteiger partial charge is 0.417 e. The molecule has 6 heteroatoms. The summed E-state index contributed by atoms with van der Waals surface area (Å²) in [5, 5.41) is 0.212. The fourth-order valence-corrected chi connectivity index (χ4v) is 1.05. The Morgan fingerprint density at radius 3 is 2.50 bits per heavy atom. The first kappa shape index (κ1) is 9.48. The van der Waals surface area contributed by atoms with E-state index in [1.807, 2.05) is 0 Å². The van der Waals surface area contributed by atoms with Gasteiger partial charge in [0.05, 0.1) is 0 Å². The number of alkyl halides is 2. The van der Waals surface area contributed by atoms with Crippen LogP contribution >= 0.6 is 23.2 Å². The van der Waals surface area contributed by atoms with Gasteiger partial charge < -0.3 is 4.74 Å². The molecule has 1 aromatic rings. The molecule has 0 N–H and O–H groups in total. The van der Waals surface area contributed by atoms with Crippen LogP contribution in [-0.2, 0) is 0 Å². The van der Waals surface area contributed by atoms with E-state index in [4.69, 9.17) is 23.2 Å². The van der Waals surface area contributed by atoms with E-state index in [1.165, 1.54) is 6.07 Å². The van der Waals surface area contributed by atoms with Crippen LogP contribution in [0.1, 0.15) is 0 Å². The van der Waals surface area contributed by atoms with Crippen LogP contribution in [0.5, 0.6) is 5.88 Å². The summed E-state index contributed by atoms with van der Waals surface area (Å²) < 4.78 is 27.2. The molecule has 0 aliphatic carbocycles. The van der Waals surface area contributed by atoms with Crippen LogP contribution < -0.4 is 4.74 Å². The summed E-state index contributed by atoms with van der Waals surface area (Å²) in [5.74, 6) is -0.289. The highest BCUT2D eigenvalue weighted by Gasteiger charge is 2.06. The van der Waals surface area contributed by atoms with Crippen molar-refractivity contribution in [2.45, 2.75) is 6.61 Å². The Balaban J connectivity index is 2.85. The number of hydrogen-bond donors (Lipinski definition) is 0. The van der Waals surface area contributed by atoms with Gasteiger partial charge in [-0.2, -0.15) is 8.78 Å². The van der Waals surface area contributed by atoms with Gasteiger partial charge in [-0.15, -0.1) is 0 Å². The molecular weight excluding hydrogens is 211 g/mol. The highest BCUT2D eigenvalue weighted by atomic mass is 35.5. The zero-order valence-electron chi connectivity index (χ0n) is 5.60. The molecule has 0 unspecified atom stereocenters. The third kappa shape index (κ3) is 2.79. The van der Waals surface area contributed by atoms with Crippen LogP contribution in [0.25, 0.3) is 0 Å². The van der Waals surface area contributed by atoms with E-state index < -0.39 is 6.61 Å². The lowest BCUT2D eigenvalue weighted by Gasteiger charge is -2.02. The first-order chi connectivity index (χ1) is 5.58. The average Bonchev–Trinajstić information content (AvgIpc) is 1.81. The lowest BCUT2D eigenvalue weighted by Crippen LogP contribution is -2.03. The Bertz CT molecular complexity index is 262. The van der Waals surface area contributed by atoms with E-state index in [0.717, 1.165) is 6.07 Å². The second kappa shape index (κ2) is 3.87. The Labute approximate surface area is 77.1 Å². The van der Waals surface area contributed by atoms with Crippen LogP contribution in [-0.4, -0.2) is 11.6 Å². The van der Waals surface area contributed by atoms with E-state index in [-0.39, 0.29) is 16.1 Å². The second-order valence-corrected chi connectivity index (χ2v) is 2.65. The lowest BCUT2D eigenvalue weighted by atomic mass is 10.5. The van der Waals surface area contributed by atoms with Crippen LogP contribution in [0.15, 0.2) is 12.1 Å². The zero-order chi connectivity index (χ0) is 9.14. The Kier molecular flexibility index (Phi) is 3.05. The predicted octanol–water partition coefficient (Wildman–Crippen LogP) is 2.99. The highest BCUT2D eigenvalue weighted by molar-refractivity contribution is 6.34. The molecule has 0 amide bonds.